The summed E-state index contributed by atoms with van der Waals surface area (Å²) in [7, 11) is 1.29. The van der Waals surface area contributed by atoms with Crippen molar-refractivity contribution in [3.63, 3.8) is 0 Å². The summed E-state index contributed by atoms with van der Waals surface area (Å²) >= 11 is 0. The van der Waals surface area contributed by atoms with E-state index in [4.69, 9.17) is 4.74 Å². The zero-order valence-electron chi connectivity index (χ0n) is 12.2. The maximum atomic E-state index is 13.9. The van der Waals surface area contributed by atoms with Gasteiger partial charge < -0.3 is 14.6 Å². The molecule has 1 aliphatic rings. The molecule has 0 bridgehead atoms. The SMILES string of the molecule is COC(=O)Cc1ccc(OCC2(O)CCCCC2)c(F)c1. The first-order valence-corrected chi connectivity index (χ1v) is 7.23. The molecule has 0 radical (unpaired) electrons. The molecule has 21 heavy (non-hydrogen) atoms. The zero-order valence-corrected chi connectivity index (χ0v) is 12.2. The lowest BCUT2D eigenvalue weighted by Gasteiger charge is -2.31. The zero-order chi connectivity index (χ0) is 15.3. The Labute approximate surface area is 123 Å². The summed E-state index contributed by atoms with van der Waals surface area (Å²) in [6.07, 6.45) is 4.47. The molecule has 0 unspecified atom stereocenters. The monoisotopic (exact) mass is 296 g/mol. The normalized spacial score (nSPS) is 17.3. The molecule has 0 saturated heterocycles. The van der Waals surface area contributed by atoms with Crippen LogP contribution in [0.4, 0.5) is 4.39 Å². The highest BCUT2D eigenvalue weighted by molar-refractivity contribution is 5.72. The van der Waals surface area contributed by atoms with Crippen LogP contribution in [0.15, 0.2) is 18.2 Å². The predicted octanol–water partition coefficient (Wildman–Crippen LogP) is 2.62. The molecule has 5 heteroatoms. The number of carbonyl (C=O) groups excluding carboxylic acids is 1. The van der Waals surface area contributed by atoms with Gasteiger partial charge in [0.2, 0.25) is 0 Å². The van der Waals surface area contributed by atoms with Gasteiger partial charge in [-0.25, -0.2) is 4.39 Å². The van der Waals surface area contributed by atoms with Gasteiger partial charge in [-0.05, 0) is 30.5 Å². The van der Waals surface area contributed by atoms with Crippen LogP contribution in [0.3, 0.4) is 0 Å². The molecule has 0 amide bonds. The van der Waals surface area contributed by atoms with E-state index < -0.39 is 17.4 Å². The van der Waals surface area contributed by atoms with Crippen molar-refractivity contribution in [3.8, 4) is 5.75 Å². The highest BCUT2D eigenvalue weighted by atomic mass is 19.1. The minimum atomic E-state index is -0.852. The maximum Gasteiger partial charge on any atom is 0.309 e. The smallest absolute Gasteiger partial charge is 0.309 e. The molecule has 1 fully saturated rings. The van der Waals surface area contributed by atoms with E-state index in [1.165, 1.54) is 19.2 Å². The van der Waals surface area contributed by atoms with Crippen molar-refractivity contribution in [1.82, 2.24) is 0 Å². The number of hydrogen-bond acceptors (Lipinski definition) is 4. The average molecular weight is 296 g/mol. The van der Waals surface area contributed by atoms with Gasteiger partial charge in [0.1, 0.15) is 6.61 Å². The van der Waals surface area contributed by atoms with Crippen molar-refractivity contribution < 1.29 is 23.8 Å². The van der Waals surface area contributed by atoms with Crippen LogP contribution in [-0.4, -0.2) is 30.4 Å². The second-order valence-electron chi connectivity index (χ2n) is 5.59. The largest absolute Gasteiger partial charge is 0.488 e. The number of carbonyl (C=O) groups is 1. The molecule has 0 aliphatic heterocycles. The molecule has 4 nitrogen and oxygen atoms in total. The van der Waals surface area contributed by atoms with E-state index in [1.807, 2.05) is 0 Å². The van der Waals surface area contributed by atoms with Gasteiger partial charge in [0.25, 0.3) is 0 Å². The van der Waals surface area contributed by atoms with Crippen LogP contribution in [0.2, 0.25) is 0 Å². The lowest BCUT2D eigenvalue weighted by molar-refractivity contribution is -0.139. The molecule has 1 aliphatic carbocycles. The number of methoxy groups -OCH3 is 1. The third kappa shape index (κ3) is 4.43. The maximum absolute atomic E-state index is 13.9. The van der Waals surface area contributed by atoms with Gasteiger partial charge in [-0.2, -0.15) is 0 Å². The minimum absolute atomic E-state index is 0.0254. The number of benzene rings is 1. The summed E-state index contributed by atoms with van der Waals surface area (Å²) in [5.41, 5.74) is -0.321. The van der Waals surface area contributed by atoms with E-state index in [2.05, 4.69) is 4.74 Å². The van der Waals surface area contributed by atoms with E-state index in [9.17, 15) is 14.3 Å². The molecule has 1 N–H and O–H groups in total. The Morgan fingerprint density at radius 2 is 2.05 bits per heavy atom. The third-order valence-electron chi connectivity index (χ3n) is 3.85. The number of hydrogen-bond donors (Lipinski definition) is 1. The number of halogens is 1. The van der Waals surface area contributed by atoms with Crippen molar-refractivity contribution in [1.29, 1.82) is 0 Å². The molecule has 2 rings (SSSR count). The van der Waals surface area contributed by atoms with Crippen molar-refractivity contribution in [2.75, 3.05) is 13.7 Å². The Balaban J connectivity index is 1.96. The number of ether oxygens (including phenoxy) is 2. The molecular formula is C16H21FO4. The van der Waals surface area contributed by atoms with Crippen LogP contribution >= 0.6 is 0 Å². The molecular weight excluding hydrogens is 275 g/mol. The van der Waals surface area contributed by atoms with Crippen molar-refractivity contribution in [3.05, 3.63) is 29.6 Å². The van der Waals surface area contributed by atoms with E-state index in [0.717, 1.165) is 19.3 Å². The predicted molar refractivity (Wildman–Crippen MR) is 75.6 cm³/mol. The topological polar surface area (TPSA) is 55.8 Å². The van der Waals surface area contributed by atoms with Gasteiger partial charge >= 0.3 is 5.97 Å². The molecule has 0 atom stereocenters. The first kappa shape index (κ1) is 15.8. The van der Waals surface area contributed by atoms with Crippen LogP contribution in [0.25, 0.3) is 0 Å². The van der Waals surface area contributed by atoms with Crippen molar-refractivity contribution >= 4 is 5.97 Å². The van der Waals surface area contributed by atoms with Gasteiger partial charge in [0.05, 0.1) is 19.1 Å². The molecule has 1 saturated carbocycles. The lowest BCUT2D eigenvalue weighted by atomic mass is 9.85. The molecule has 116 valence electrons. The molecule has 0 aromatic heterocycles. The highest BCUT2D eigenvalue weighted by Gasteiger charge is 2.30. The first-order valence-electron chi connectivity index (χ1n) is 7.23. The fourth-order valence-corrected chi connectivity index (χ4v) is 2.58. The van der Waals surface area contributed by atoms with Gasteiger partial charge in [-0.3, -0.25) is 4.79 Å². The minimum Gasteiger partial charge on any atom is -0.488 e. The summed E-state index contributed by atoms with van der Waals surface area (Å²) in [5, 5.41) is 10.3. The average Bonchev–Trinajstić information content (AvgIpc) is 2.47. The van der Waals surface area contributed by atoms with Crippen LogP contribution in [-0.2, 0) is 16.0 Å². The van der Waals surface area contributed by atoms with Gasteiger partial charge in [0, 0.05) is 0 Å². The Bertz CT molecular complexity index is 495. The molecule has 1 aromatic carbocycles. The Kier molecular flexibility index (Phi) is 5.17. The Morgan fingerprint density at radius 3 is 2.67 bits per heavy atom. The fraction of sp³-hybridized carbons (Fsp3) is 0.562. The van der Waals surface area contributed by atoms with E-state index in [0.29, 0.717) is 18.4 Å². The van der Waals surface area contributed by atoms with Gasteiger partial charge in [-0.1, -0.05) is 25.3 Å². The second kappa shape index (κ2) is 6.89. The quantitative estimate of drug-likeness (QED) is 0.849. The Morgan fingerprint density at radius 1 is 1.33 bits per heavy atom. The van der Waals surface area contributed by atoms with Crippen LogP contribution in [0.1, 0.15) is 37.7 Å². The fourth-order valence-electron chi connectivity index (χ4n) is 2.58. The first-order chi connectivity index (χ1) is 10.0. The van der Waals surface area contributed by atoms with Crippen LogP contribution < -0.4 is 4.74 Å². The third-order valence-corrected chi connectivity index (χ3v) is 3.85. The number of esters is 1. The highest BCUT2D eigenvalue weighted by Crippen LogP contribution is 2.29. The van der Waals surface area contributed by atoms with E-state index >= 15 is 0 Å². The summed E-state index contributed by atoms with van der Waals surface area (Å²) in [6.45, 7) is 0.0975. The lowest BCUT2D eigenvalue weighted by Crippen LogP contribution is -2.38. The van der Waals surface area contributed by atoms with Crippen LogP contribution in [0, 0.1) is 5.82 Å². The van der Waals surface area contributed by atoms with Crippen molar-refractivity contribution in [2.24, 2.45) is 0 Å². The summed E-state index contributed by atoms with van der Waals surface area (Å²) in [6, 6.07) is 4.37. The molecule has 1 aromatic rings. The summed E-state index contributed by atoms with van der Waals surface area (Å²) in [5.74, 6) is -0.849. The summed E-state index contributed by atoms with van der Waals surface area (Å²) < 4.78 is 23.9. The molecule has 0 heterocycles. The number of aliphatic hydroxyl groups is 1. The number of rotatable bonds is 5. The van der Waals surface area contributed by atoms with Gasteiger partial charge in [0.15, 0.2) is 11.6 Å². The van der Waals surface area contributed by atoms with Gasteiger partial charge in [-0.15, -0.1) is 0 Å². The Hall–Kier alpha value is -1.62. The molecule has 0 spiro atoms. The van der Waals surface area contributed by atoms with Crippen molar-refractivity contribution in [2.45, 2.75) is 44.1 Å². The van der Waals surface area contributed by atoms with Crippen LogP contribution in [0.5, 0.6) is 5.75 Å². The van der Waals surface area contributed by atoms with E-state index in [1.54, 1.807) is 6.07 Å². The standard InChI is InChI=1S/C16H21FO4/c1-20-15(18)10-12-5-6-14(13(17)9-12)21-11-16(19)7-3-2-4-8-16/h5-6,9,19H,2-4,7-8,10-11H2,1H3. The second-order valence-corrected chi connectivity index (χ2v) is 5.59. The van der Waals surface area contributed by atoms with E-state index in [-0.39, 0.29) is 18.8 Å². The summed E-state index contributed by atoms with van der Waals surface area (Å²) in [4.78, 5) is 11.1.